The molecule has 0 radical (unpaired) electrons. The van der Waals surface area contributed by atoms with Crippen LogP contribution in [0.3, 0.4) is 0 Å². The predicted octanol–water partition coefficient (Wildman–Crippen LogP) is 3.92. The molecule has 0 spiro atoms. The Balaban J connectivity index is 1.35. The number of hydrogen-bond donors (Lipinski definition) is 1. The average Bonchev–Trinajstić information content (AvgIpc) is 3.07. The zero-order chi connectivity index (χ0) is 24.0. The maximum atomic E-state index is 13.0. The number of nitrogens with zero attached hydrogens (tertiary/aromatic N) is 2. The van der Waals surface area contributed by atoms with Gasteiger partial charge in [0, 0.05) is 25.3 Å². The molecule has 0 atom stereocenters. The molecular formula is C27H31N3O3S. The maximum absolute atomic E-state index is 13.0. The SMILES string of the molecule is Cc1ccc(S(=O)(=O)N2CCCN(CC(=O)Nc3ccccc3Cc3ccccc3)CC2)cc1. The summed E-state index contributed by atoms with van der Waals surface area (Å²) in [7, 11) is -3.53. The molecule has 0 aromatic heterocycles. The lowest BCUT2D eigenvalue weighted by molar-refractivity contribution is -0.117. The molecule has 6 nitrogen and oxygen atoms in total. The molecule has 1 aliphatic heterocycles. The topological polar surface area (TPSA) is 69.7 Å². The summed E-state index contributed by atoms with van der Waals surface area (Å²) < 4.78 is 27.6. The molecule has 3 aromatic rings. The molecule has 0 aliphatic carbocycles. The van der Waals surface area contributed by atoms with Crippen LogP contribution in [0.4, 0.5) is 5.69 Å². The van der Waals surface area contributed by atoms with Crippen molar-refractivity contribution in [3.63, 3.8) is 0 Å². The van der Waals surface area contributed by atoms with E-state index in [0.717, 1.165) is 23.2 Å². The smallest absolute Gasteiger partial charge is 0.243 e. The third-order valence-corrected chi connectivity index (χ3v) is 8.02. The summed E-state index contributed by atoms with van der Waals surface area (Å²) in [6.07, 6.45) is 1.43. The van der Waals surface area contributed by atoms with Crippen LogP contribution in [0.5, 0.6) is 0 Å². The third-order valence-electron chi connectivity index (χ3n) is 6.10. The van der Waals surface area contributed by atoms with Crippen molar-refractivity contribution in [1.82, 2.24) is 9.21 Å². The molecule has 1 N–H and O–H groups in total. The minimum Gasteiger partial charge on any atom is -0.325 e. The van der Waals surface area contributed by atoms with Crippen LogP contribution in [-0.2, 0) is 21.2 Å². The van der Waals surface area contributed by atoms with Gasteiger partial charge in [0.1, 0.15) is 0 Å². The van der Waals surface area contributed by atoms with Crippen molar-refractivity contribution in [3.05, 3.63) is 95.6 Å². The summed E-state index contributed by atoms with van der Waals surface area (Å²) in [5, 5.41) is 3.06. The van der Waals surface area contributed by atoms with E-state index in [9.17, 15) is 13.2 Å². The Morgan fingerprint density at radius 1 is 0.853 bits per heavy atom. The Bertz CT molecular complexity index is 1210. The van der Waals surface area contributed by atoms with Gasteiger partial charge in [-0.1, -0.05) is 66.2 Å². The number of carbonyl (C=O) groups is 1. The summed E-state index contributed by atoms with van der Waals surface area (Å²) in [5.74, 6) is -0.0876. The van der Waals surface area contributed by atoms with Gasteiger partial charge in [0.05, 0.1) is 11.4 Å². The van der Waals surface area contributed by atoms with Crippen molar-refractivity contribution >= 4 is 21.6 Å². The van der Waals surface area contributed by atoms with E-state index in [1.54, 1.807) is 12.1 Å². The van der Waals surface area contributed by atoms with Crippen molar-refractivity contribution in [1.29, 1.82) is 0 Å². The van der Waals surface area contributed by atoms with E-state index in [4.69, 9.17) is 0 Å². The van der Waals surface area contributed by atoms with Gasteiger partial charge in [-0.05, 0) is 55.6 Å². The van der Waals surface area contributed by atoms with E-state index in [0.29, 0.717) is 37.5 Å². The number of amides is 1. The Kier molecular flexibility index (Phi) is 7.77. The minimum absolute atomic E-state index is 0.0876. The quantitative estimate of drug-likeness (QED) is 0.560. The molecular weight excluding hydrogens is 446 g/mol. The number of anilines is 1. The number of hydrogen-bond acceptors (Lipinski definition) is 4. The lowest BCUT2D eigenvalue weighted by atomic mass is 10.0. The lowest BCUT2D eigenvalue weighted by Gasteiger charge is -2.22. The van der Waals surface area contributed by atoms with Crippen LogP contribution in [-0.4, -0.2) is 56.3 Å². The van der Waals surface area contributed by atoms with Crippen molar-refractivity contribution in [3.8, 4) is 0 Å². The molecule has 3 aromatic carbocycles. The highest BCUT2D eigenvalue weighted by Crippen LogP contribution is 2.20. The molecule has 1 heterocycles. The summed E-state index contributed by atoms with van der Waals surface area (Å²) >= 11 is 0. The number of benzene rings is 3. The van der Waals surface area contributed by atoms with Crippen LogP contribution in [0.1, 0.15) is 23.1 Å². The fraction of sp³-hybridized carbons (Fsp3) is 0.296. The molecule has 0 saturated carbocycles. The molecule has 1 fully saturated rings. The van der Waals surface area contributed by atoms with Gasteiger partial charge < -0.3 is 5.32 Å². The Labute approximate surface area is 202 Å². The fourth-order valence-electron chi connectivity index (χ4n) is 4.21. The largest absolute Gasteiger partial charge is 0.325 e. The average molecular weight is 478 g/mol. The van der Waals surface area contributed by atoms with Gasteiger partial charge >= 0.3 is 0 Å². The first kappa shape index (κ1) is 24.1. The van der Waals surface area contributed by atoms with Crippen LogP contribution in [0.15, 0.2) is 83.8 Å². The van der Waals surface area contributed by atoms with Crippen LogP contribution in [0.2, 0.25) is 0 Å². The monoisotopic (exact) mass is 477 g/mol. The first-order chi connectivity index (χ1) is 16.4. The van der Waals surface area contributed by atoms with Gasteiger partial charge in [-0.25, -0.2) is 8.42 Å². The Hall–Kier alpha value is -3.00. The first-order valence-electron chi connectivity index (χ1n) is 11.6. The number of aryl methyl sites for hydroxylation is 1. The highest BCUT2D eigenvalue weighted by molar-refractivity contribution is 7.89. The van der Waals surface area contributed by atoms with Crippen LogP contribution < -0.4 is 5.32 Å². The van der Waals surface area contributed by atoms with Crippen molar-refractivity contribution in [2.24, 2.45) is 0 Å². The Morgan fingerprint density at radius 2 is 1.56 bits per heavy atom. The number of para-hydroxylation sites is 1. The van der Waals surface area contributed by atoms with Gasteiger partial charge in [0.25, 0.3) is 0 Å². The Morgan fingerprint density at radius 3 is 2.32 bits per heavy atom. The summed E-state index contributed by atoms with van der Waals surface area (Å²) in [5.41, 5.74) is 4.09. The standard InChI is InChI=1S/C27H31N3O3S/c1-22-12-14-25(15-13-22)34(32,33)30-17-7-16-29(18-19-30)21-27(31)28-26-11-6-5-10-24(26)20-23-8-3-2-4-9-23/h2-6,8-15H,7,16-21H2,1H3,(H,28,31). The van der Waals surface area contributed by atoms with Gasteiger partial charge in [0.2, 0.25) is 15.9 Å². The summed E-state index contributed by atoms with van der Waals surface area (Å²) in [6.45, 7) is 4.19. The van der Waals surface area contributed by atoms with E-state index in [1.807, 2.05) is 66.4 Å². The van der Waals surface area contributed by atoms with Crippen LogP contribution in [0.25, 0.3) is 0 Å². The molecule has 1 amide bonds. The second kappa shape index (κ2) is 11.0. The van der Waals surface area contributed by atoms with Crippen molar-refractivity contribution in [2.75, 3.05) is 38.0 Å². The third kappa shape index (κ3) is 6.11. The number of nitrogens with one attached hydrogen (secondary N) is 1. The van der Waals surface area contributed by atoms with Gasteiger partial charge in [0.15, 0.2) is 0 Å². The van der Waals surface area contributed by atoms with E-state index in [-0.39, 0.29) is 12.5 Å². The first-order valence-corrected chi connectivity index (χ1v) is 13.1. The van der Waals surface area contributed by atoms with E-state index >= 15 is 0 Å². The van der Waals surface area contributed by atoms with Gasteiger partial charge in [-0.15, -0.1) is 0 Å². The lowest BCUT2D eigenvalue weighted by Crippen LogP contribution is -2.38. The van der Waals surface area contributed by atoms with E-state index in [2.05, 4.69) is 17.4 Å². The normalized spacial score (nSPS) is 15.6. The molecule has 1 aliphatic rings. The van der Waals surface area contributed by atoms with Crippen molar-refractivity contribution in [2.45, 2.75) is 24.7 Å². The molecule has 0 bridgehead atoms. The van der Waals surface area contributed by atoms with Crippen LogP contribution >= 0.6 is 0 Å². The molecule has 7 heteroatoms. The molecule has 34 heavy (non-hydrogen) atoms. The second-order valence-corrected chi connectivity index (χ2v) is 10.7. The van der Waals surface area contributed by atoms with Crippen LogP contribution in [0, 0.1) is 6.92 Å². The zero-order valence-electron chi connectivity index (χ0n) is 19.5. The summed E-state index contributed by atoms with van der Waals surface area (Å²) in [4.78, 5) is 15.2. The maximum Gasteiger partial charge on any atom is 0.243 e. The van der Waals surface area contributed by atoms with Crippen molar-refractivity contribution < 1.29 is 13.2 Å². The zero-order valence-corrected chi connectivity index (χ0v) is 20.3. The fourth-order valence-corrected chi connectivity index (χ4v) is 5.68. The molecule has 178 valence electrons. The van der Waals surface area contributed by atoms with E-state index in [1.165, 1.54) is 9.87 Å². The summed E-state index contributed by atoms with van der Waals surface area (Å²) in [6, 6.07) is 25.0. The van der Waals surface area contributed by atoms with Gasteiger partial charge in [-0.2, -0.15) is 4.31 Å². The highest BCUT2D eigenvalue weighted by Gasteiger charge is 2.27. The number of carbonyl (C=O) groups excluding carboxylic acids is 1. The number of rotatable bonds is 7. The molecule has 4 rings (SSSR count). The number of sulfonamides is 1. The van der Waals surface area contributed by atoms with E-state index < -0.39 is 10.0 Å². The molecule has 0 unspecified atom stereocenters. The van der Waals surface area contributed by atoms with Gasteiger partial charge in [-0.3, -0.25) is 9.69 Å². The molecule has 1 saturated heterocycles. The minimum atomic E-state index is -3.53. The second-order valence-electron chi connectivity index (χ2n) is 8.71. The highest BCUT2D eigenvalue weighted by atomic mass is 32.2. The predicted molar refractivity (Wildman–Crippen MR) is 135 cm³/mol.